The van der Waals surface area contributed by atoms with Crippen molar-refractivity contribution in [3.05, 3.63) is 12.7 Å². The van der Waals surface area contributed by atoms with Crippen LogP contribution in [0.3, 0.4) is 0 Å². The third-order valence-electron chi connectivity index (χ3n) is 0.843. The van der Waals surface area contributed by atoms with Gasteiger partial charge in [-0.3, -0.25) is 4.90 Å². The summed E-state index contributed by atoms with van der Waals surface area (Å²) in [5.41, 5.74) is 0. The quantitative estimate of drug-likeness (QED) is 0.426. The highest BCUT2D eigenvalue weighted by Gasteiger charge is 2.00. The van der Waals surface area contributed by atoms with Crippen LogP contribution in [-0.4, -0.2) is 35.2 Å². The first-order chi connectivity index (χ1) is 4.16. The first kappa shape index (κ1) is 9.01. The van der Waals surface area contributed by atoms with Gasteiger partial charge < -0.3 is 4.55 Å². The van der Waals surface area contributed by atoms with Crippen LogP contribution in [0.5, 0.6) is 0 Å². The van der Waals surface area contributed by atoms with Gasteiger partial charge in [-0.15, -0.1) is 6.58 Å². The molecule has 2 nitrogen and oxygen atoms in total. The van der Waals surface area contributed by atoms with Crippen molar-refractivity contribution in [3.63, 3.8) is 0 Å². The second-order valence-corrected chi connectivity index (χ2v) is 3.43. The van der Waals surface area contributed by atoms with Gasteiger partial charge in [-0.25, -0.2) is 0 Å². The van der Waals surface area contributed by atoms with Gasteiger partial charge in [0, 0.05) is 6.54 Å². The molecule has 0 aliphatic carbocycles. The van der Waals surface area contributed by atoms with E-state index in [0.717, 1.165) is 6.54 Å². The highest BCUT2D eigenvalue weighted by Crippen LogP contribution is 1.88. The van der Waals surface area contributed by atoms with E-state index in [0.29, 0.717) is 5.88 Å². The van der Waals surface area contributed by atoms with Crippen molar-refractivity contribution in [1.82, 2.24) is 4.90 Å². The van der Waals surface area contributed by atoms with Crippen LogP contribution in [0.2, 0.25) is 0 Å². The normalized spacial score (nSPS) is 13.8. The molecular weight excluding hydrogens is 134 g/mol. The summed E-state index contributed by atoms with van der Waals surface area (Å²) in [6.45, 7) is 4.37. The Morgan fingerprint density at radius 1 is 1.78 bits per heavy atom. The summed E-state index contributed by atoms with van der Waals surface area (Å²) in [4.78, 5) is 1.96. The zero-order valence-electron chi connectivity index (χ0n) is 5.96. The molecule has 0 rings (SSSR count). The van der Waals surface area contributed by atoms with Gasteiger partial charge in [0.2, 0.25) is 0 Å². The molecule has 0 amide bonds. The molecule has 0 saturated carbocycles. The molecule has 0 spiro atoms. The van der Waals surface area contributed by atoms with Gasteiger partial charge in [0.05, 0.1) is 6.26 Å². The van der Waals surface area contributed by atoms with Crippen LogP contribution >= 0.6 is 0 Å². The number of rotatable bonds is 4. The van der Waals surface area contributed by atoms with E-state index < -0.39 is 11.2 Å². The molecule has 0 aliphatic rings. The van der Waals surface area contributed by atoms with Crippen molar-refractivity contribution in [2.24, 2.45) is 0 Å². The lowest BCUT2D eigenvalue weighted by Crippen LogP contribution is -2.25. The fraction of sp³-hybridized carbons (Fsp3) is 0.667. The van der Waals surface area contributed by atoms with E-state index in [2.05, 4.69) is 6.58 Å². The highest BCUT2D eigenvalue weighted by molar-refractivity contribution is 7.90. The SMILES string of the molecule is C=CCN(C)C[S+](C)[O-]. The van der Waals surface area contributed by atoms with Crippen molar-refractivity contribution >= 4 is 11.2 Å². The number of hydrogen-bond acceptors (Lipinski definition) is 2. The lowest BCUT2D eigenvalue weighted by atomic mass is 10.6. The Labute approximate surface area is 59.7 Å². The van der Waals surface area contributed by atoms with Gasteiger partial charge in [-0.1, -0.05) is 6.08 Å². The number of likely N-dealkylation sites (N-methyl/N-ethyl adjacent to an activating group) is 1. The third kappa shape index (κ3) is 5.89. The molecule has 0 aliphatic heterocycles. The molecule has 0 heterocycles. The fourth-order valence-electron chi connectivity index (χ4n) is 0.583. The van der Waals surface area contributed by atoms with E-state index in [1.54, 1.807) is 12.3 Å². The van der Waals surface area contributed by atoms with Gasteiger partial charge >= 0.3 is 0 Å². The monoisotopic (exact) mass is 147 g/mol. The lowest BCUT2D eigenvalue weighted by Gasteiger charge is -2.13. The maximum atomic E-state index is 10.6. The molecule has 0 fully saturated rings. The summed E-state index contributed by atoms with van der Waals surface area (Å²) in [7, 11) is 1.92. The average molecular weight is 147 g/mol. The van der Waals surface area contributed by atoms with Crippen LogP contribution in [0.15, 0.2) is 12.7 Å². The van der Waals surface area contributed by atoms with Crippen LogP contribution in [0, 0.1) is 0 Å². The molecule has 0 aromatic rings. The van der Waals surface area contributed by atoms with Crippen molar-refractivity contribution in [1.29, 1.82) is 0 Å². The summed E-state index contributed by atoms with van der Waals surface area (Å²) in [6, 6.07) is 0. The van der Waals surface area contributed by atoms with Gasteiger partial charge in [-0.2, -0.15) is 0 Å². The predicted molar refractivity (Wildman–Crippen MR) is 41.8 cm³/mol. The van der Waals surface area contributed by atoms with Gasteiger partial charge in [0.15, 0.2) is 5.88 Å². The first-order valence-corrected chi connectivity index (χ1v) is 4.49. The number of nitrogens with zero attached hydrogens (tertiary/aromatic N) is 1. The van der Waals surface area contributed by atoms with Gasteiger partial charge in [-0.05, 0) is 18.2 Å². The van der Waals surface area contributed by atoms with E-state index in [4.69, 9.17) is 0 Å². The van der Waals surface area contributed by atoms with E-state index >= 15 is 0 Å². The molecule has 0 aromatic heterocycles. The molecule has 3 heteroatoms. The molecule has 0 aromatic carbocycles. The minimum absolute atomic E-state index is 0.631. The second-order valence-electron chi connectivity index (χ2n) is 2.03. The van der Waals surface area contributed by atoms with Crippen molar-refractivity contribution in [2.45, 2.75) is 0 Å². The van der Waals surface area contributed by atoms with Crippen LogP contribution in [0.1, 0.15) is 0 Å². The molecule has 0 saturated heterocycles. The van der Waals surface area contributed by atoms with E-state index in [1.807, 2.05) is 11.9 Å². The molecule has 0 N–H and O–H groups in total. The van der Waals surface area contributed by atoms with Crippen LogP contribution in [-0.2, 0) is 11.2 Å². The molecule has 1 unspecified atom stereocenters. The molecule has 9 heavy (non-hydrogen) atoms. The molecular formula is C6H13NOS. The fourth-order valence-corrected chi connectivity index (χ4v) is 1.31. The maximum absolute atomic E-state index is 10.6. The van der Waals surface area contributed by atoms with E-state index in [-0.39, 0.29) is 0 Å². The average Bonchev–Trinajstić information content (AvgIpc) is 1.63. The van der Waals surface area contributed by atoms with Crippen molar-refractivity contribution < 1.29 is 4.55 Å². The molecule has 0 radical (unpaired) electrons. The smallest absolute Gasteiger partial charge is 0.159 e. The Kier molecular flexibility index (Phi) is 4.85. The van der Waals surface area contributed by atoms with Crippen molar-refractivity contribution in [3.8, 4) is 0 Å². The topological polar surface area (TPSA) is 26.3 Å². The summed E-state index contributed by atoms with van der Waals surface area (Å²) in [6.07, 6.45) is 3.49. The summed E-state index contributed by atoms with van der Waals surface area (Å²) >= 11 is -0.719. The summed E-state index contributed by atoms with van der Waals surface area (Å²) in [5.74, 6) is 0.631. The Balaban J connectivity index is 3.25. The first-order valence-electron chi connectivity index (χ1n) is 2.76. The molecule has 0 bridgehead atoms. The van der Waals surface area contributed by atoms with Gasteiger partial charge in [0.1, 0.15) is 0 Å². The highest BCUT2D eigenvalue weighted by atomic mass is 32.2. The molecule has 1 atom stereocenters. The minimum atomic E-state index is -0.719. The lowest BCUT2D eigenvalue weighted by molar-refractivity contribution is 0.423. The standard InChI is InChI=1S/C6H13NOS/c1-4-5-7(2)6-9(3)8/h4H,1,5-6H2,2-3H3. The second kappa shape index (κ2) is 4.85. The maximum Gasteiger partial charge on any atom is 0.159 e. The Morgan fingerprint density at radius 2 is 2.33 bits per heavy atom. The van der Waals surface area contributed by atoms with Gasteiger partial charge in [0.25, 0.3) is 0 Å². The summed E-state index contributed by atoms with van der Waals surface area (Å²) < 4.78 is 10.6. The number of hydrogen-bond donors (Lipinski definition) is 0. The third-order valence-corrected chi connectivity index (χ3v) is 1.65. The Bertz CT molecular complexity index is 85.1. The van der Waals surface area contributed by atoms with E-state index in [1.165, 1.54) is 0 Å². The zero-order valence-corrected chi connectivity index (χ0v) is 6.78. The van der Waals surface area contributed by atoms with E-state index in [9.17, 15) is 4.55 Å². The van der Waals surface area contributed by atoms with Crippen molar-refractivity contribution in [2.75, 3.05) is 25.7 Å². The largest absolute Gasteiger partial charge is 0.616 e. The minimum Gasteiger partial charge on any atom is -0.616 e. The zero-order chi connectivity index (χ0) is 7.28. The van der Waals surface area contributed by atoms with Crippen LogP contribution < -0.4 is 0 Å². The predicted octanol–water partition coefficient (Wildman–Crippen LogP) is 0.440. The Hall–Kier alpha value is 0.01000. The summed E-state index contributed by atoms with van der Waals surface area (Å²) in [5, 5.41) is 0. The van der Waals surface area contributed by atoms with Crippen LogP contribution in [0.4, 0.5) is 0 Å². The Morgan fingerprint density at radius 3 is 2.67 bits per heavy atom. The van der Waals surface area contributed by atoms with Crippen LogP contribution in [0.25, 0.3) is 0 Å². The molecule has 54 valence electrons.